The normalized spacial score (nSPS) is 21.9. The predicted octanol–water partition coefficient (Wildman–Crippen LogP) is 1.18. The van der Waals surface area contributed by atoms with E-state index in [0.717, 1.165) is 18.5 Å². The van der Waals surface area contributed by atoms with E-state index in [2.05, 4.69) is 10.2 Å². The molecule has 1 unspecified atom stereocenters. The van der Waals surface area contributed by atoms with E-state index in [0.29, 0.717) is 26.2 Å². The van der Waals surface area contributed by atoms with Crippen molar-refractivity contribution in [3.8, 4) is 0 Å². The maximum absolute atomic E-state index is 12.5. The third kappa shape index (κ3) is 2.98. The van der Waals surface area contributed by atoms with Gasteiger partial charge in [0.05, 0.1) is 0 Å². The number of nitrogens with one attached hydrogen (secondary N) is 1. The van der Waals surface area contributed by atoms with Crippen molar-refractivity contribution < 1.29 is 8.42 Å². The summed E-state index contributed by atoms with van der Waals surface area (Å²) in [7, 11) is -3.32. The van der Waals surface area contributed by atoms with Crippen molar-refractivity contribution in [1.82, 2.24) is 18.8 Å². The van der Waals surface area contributed by atoms with Crippen LogP contribution in [0, 0.1) is 0 Å². The Balaban J connectivity index is 2.13. The van der Waals surface area contributed by atoms with Crippen molar-refractivity contribution in [1.29, 1.82) is 0 Å². The highest BCUT2D eigenvalue weighted by Crippen LogP contribution is 2.27. The molecule has 0 radical (unpaired) electrons. The number of H-pyrrole nitrogens is 1. The Kier molecular flexibility index (Phi) is 4.59. The summed E-state index contributed by atoms with van der Waals surface area (Å²) in [6.07, 6.45) is 3.61. The first-order chi connectivity index (χ1) is 9.09. The third-order valence-corrected chi connectivity index (χ3v) is 5.86. The van der Waals surface area contributed by atoms with E-state index in [9.17, 15) is 8.42 Å². The molecule has 1 aliphatic rings. The molecule has 6 nitrogen and oxygen atoms in total. The molecule has 1 aromatic heterocycles. The molecule has 108 valence electrons. The molecule has 19 heavy (non-hydrogen) atoms. The summed E-state index contributed by atoms with van der Waals surface area (Å²) < 4.78 is 28.1. The van der Waals surface area contributed by atoms with E-state index in [1.165, 1.54) is 4.31 Å². The summed E-state index contributed by atoms with van der Waals surface area (Å²) >= 11 is 0. The van der Waals surface area contributed by atoms with Crippen molar-refractivity contribution in [3.63, 3.8) is 0 Å². The van der Waals surface area contributed by atoms with Gasteiger partial charge in [-0.15, -0.1) is 0 Å². The van der Waals surface area contributed by atoms with Gasteiger partial charge in [-0.05, 0) is 18.9 Å². The molecule has 1 fully saturated rings. The lowest BCUT2D eigenvalue weighted by Crippen LogP contribution is -2.47. The van der Waals surface area contributed by atoms with E-state index >= 15 is 0 Å². The Labute approximate surface area is 115 Å². The van der Waals surface area contributed by atoms with Gasteiger partial charge >= 0.3 is 0 Å². The predicted molar refractivity (Wildman–Crippen MR) is 74.0 cm³/mol. The summed E-state index contributed by atoms with van der Waals surface area (Å²) in [5, 5.41) is 6.90. The van der Waals surface area contributed by atoms with Crippen LogP contribution < -0.4 is 0 Å². The fourth-order valence-corrected chi connectivity index (χ4v) is 4.32. The first-order valence-electron chi connectivity index (χ1n) is 6.84. The summed E-state index contributed by atoms with van der Waals surface area (Å²) in [6, 6.07) is 1.93. The van der Waals surface area contributed by atoms with Crippen molar-refractivity contribution >= 4 is 10.2 Å². The quantitative estimate of drug-likeness (QED) is 0.883. The Morgan fingerprint density at radius 1 is 1.47 bits per heavy atom. The van der Waals surface area contributed by atoms with Gasteiger partial charge in [-0.2, -0.15) is 22.1 Å². The summed E-state index contributed by atoms with van der Waals surface area (Å²) in [4.78, 5) is 0. The third-order valence-electron chi connectivity index (χ3n) is 3.70. The molecular weight excluding hydrogens is 264 g/mol. The molecule has 0 bridgehead atoms. The molecular formula is C12H22N4O2S. The molecule has 2 rings (SSSR count). The van der Waals surface area contributed by atoms with Gasteiger partial charge in [0.1, 0.15) is 0 Å². The van der Waals surface area contributed by atoms with Crippen LogP contribution in [0.5, 0.6) is 0 Å². The minimum absolute atomic E-state index is 0.224. The Hall–Kier alpha value is -0.920. The van der Waals surface area contributed by atoms with E-state index < -0.39 is 10.2 Å². The standard InChI is InChI=1S/C12H22N4O2S/c1-3-15(4-2)19(17,18)16-9-5-6-11(10-16)12-7-8-13-14-12/h7-8,11H,3-6,9-10H2,1-2H3,(H,13,14). The lowest BCUT2D eigenvalue weighted by atomic mass is 9.96. The molecule has 1 atom stereocenters. The lowest BCUT2D eigenvalue weighted by molar-refractivity contribution is 0.285. The molecule has 2 heterocycles. The second-order valence-electron chi connectivity index (χ2n) is 4.80. The molecule has 0 aliphatic carbocycles. The molecule has 0 amide bonds. The summed E-state index contributed by atoms with van der Waals surface area (Å²) in [6.45, 7) is 5.94. The van der Waals surface area contributed by atoms with E-state index in [1.54, 1.807) is 10.5 Å². The molecule has 1 aromatic rings. The molecule has 0 aromatic carbocycles. The van der Waals surface area contributed by atoms with Crippen LogP contribution in [-0.2, 0) is 10.2 Å². The number of rotatable bonds is 5. The average Bonchev–Trinajstić information content (AvgIpc) is 2.94. The van der Waals surface area contributed by atoms with Gasteiger partial charge in [-0.1, -0.05) is 13.8 Å². The monoisotopic (exact) mass is 286 g/mol. The van der Waals surface area contributed by atoms with Crippen LogP contribution in [0.2, 0.25) is 0 Å². The second-order valence-corrected chi connectivity index (χ2v) is 6.73. The molecule has 1 N–H and O–H groups in total. The molecule has 1 saturated heterocycles. The highest BCUT2D eigenvalue weighted by molar-refractivity contribution is 7.86. The summed E-state index contributed by atoms with van der Waals surface area (Å²) in [5.41, 5.74) is 1.03. The number of piperidine rings is 1. The van der Waals surface area contributed by atoms with Gasteiger partial charge < -0.3 is 0 Å². The van der Waals surface area contributed by atoms with Crippen LogP contribution in [0.1, 0.15) is 38.3 Å². The minimum atomic E-state index is -3.32. The van der Waals surface area contributed by atoms with Crippen LogP contribution >= 0.6 is 0 Å². The van der Waals surface area contributed by atoms with E-state index in [1.807, 2.05) is 19.9 Å². The summed E-state index contributed by atoms with van der Waals surface area (Å²) in [5.74, 6) is 0.224. The van der Waals surface area contributed by atoms with Gasteiger partial charge in [-0.3, -0.25) is 5.10 Å². The van der Waals surface area contributed by atoms with Crippen LogP contribution in [0.15, 0.2) is 12.3 Å². The van der Waals surface area contributed by atoms with Crippen molar-refractivity contribution in [2.24, 2.45) is 0 Å². The maximum Gasteiger partial charge on any atom is 0.281 e. The SMILES string of the molecule is CCN(CC)S(=O)(=O)N1CCCC(c2ccn[nH]2)C1. The molecule has 0 spiro atoms. The van der Waals surface area contributed by atoms with Crippen LogP contribution in [0.25, 0.3) is 0 Å². The topological polar surface area (TPSA) is 69.3 Å². The van der Waals surface area contributed by atoms with Gasteiger partial charge in [-0.25, -0.2) is 0 Å². The van der Waals surface area contributed by atoms with Crippen molar-refractivity contribution in [2.75, 3.05) is 26.2 Å². The average molecular weight is 286 g/mol. The number of aromatic nitrogens is 2. The number of hydrogen-bond donors (Lipinski definition) is 1. The lowest BCUT2D eigenvalue weighted by Gasteiger charge is -2.34. The van der Waals surface area contributed by atoms with Gasteiger partial charge in [0.15, 0.2) is 0 Å². The number of aromatic amines is 1. The van der Waals surface area contributed by atoms with Crippen molar-refractivity contribution in [2.45, 2.75) is 32.6 Å². The molecule has 7 heteroatoms. The van der Waals surface area contributed by atoms with E-state index in [-0.39, 0.29) is 5.92 Å². The fraction of sp³-hybridized carbons (Fsp3) is 0.750. The Morgan fingerprint density at radius 2 is 2.21 bits per heavy atom. The number of hydrogen-bond acceptors (Lipinski definition) is 3. The van der Waals surface area contributed by atoms with Gasteiger partial charge in [0.2, 0.25) is 0 Å². The largest absolute Gasteiger partial charge is 0.282 e. The van der Waals surface area contributed by atoms with Gasteiger partial charge in [0.25, 0.3) is 10.2 Å². The Bertz CT molecular complexity index is 482. The van der Waals surface area contributed by atoms with Crippen LogP contribution in [0.3, 0.4) is 0 Å². The van der Waals surface area contributed by atoms with E-state index in [4.69, 9.17) is 0 Å². The highest BCUT2D eigenvalue weighted by atomic mass is 32.2. The fourth-order valence-electron chi connectivity index (χ4n) is 2.61. The smallest absolute Gasteiger partial charge is 0.281 e. The second kappa shape index (κ2) is 6.02. The Morgan fingerprint density at radius 3 is 2.79 bits per heavy atom. The highest BCUT2D eigenvalue weighted by Gasteiger charge is 2.33. The molecule has 1 aliphatic heterocycles. The minimum Gasteiger partial charge on any atom is -0.282 e. The van der Waals surface area contributed by atoms with Crippen molar-refractivity contribution in [3.05, 3.63) is 18.0 Å². The van der Waals surface area contributed by atoms with Gasteiger partial charge in [0, 0.05) is 44.0 Å². The first-order valence-corrected chi connectivity index (χ1v) is 8.23. The zero-order valence-electron chi connectivity index (χ0n) is 11.5. The first kappa shape index (κ1) is 14.5. The number of nitrogens with zero attached hydrogens (tertiary/aromatic N) is 3. The van der Waals surface area contributed by atoms with Crippen LogP contribution in [0.4, 0.5) is 0 Å². The van der Waals surface area contributed by atoms with Crippen LogP contribution in [-0.4, -0.2) is 53.4 Å². The maximum atomic E-state index is 12.5. The molecule has 0 saturated carbocycles. The zero-order chi connectivity index (χ0) is 13.9. The zero-order valence-corrected chi connectivity index (χ0v) is 12.4.